The van der Waals surface area contributed by atoms with Crippen LogP contribution in [0.1, 0.15) is 57.0 Å². The number of rotatable bonds is 5. The molecule has 1 aliphatic rings. The summed E-state index contributed by atoms with van der Waals surface area (Å²) in [5.41, 5.74) is 3.75. The lowest BCUT2D eigenvalue weighted by Crippen LogP contribution is -2.24. The summed E-state index contributed by atoms with van der Waals surface area (Å²) in [5, 5.41) is 0. The Balaban J connectivity index is 1.69. The van der Waals surface area contributed by atoms with E-state index in [1.807, 2.05) is 78.9 Å². The molecule has 0 spiro atoms. The van der Waals surface area contributed by atoms with E-state index < -0.39 is 0 Å². The van der Waals surface area contributed by atoms with Gasteiger partial charge in [-0.05, 0) is 30.4 Å². The molecule has 0 fully saturated rings. The molecule has 0 N–H and O–H groups in total. The number of ketones is 2. The predicted octanol–water partition coefficient (Wildman–Crippen LogP) is 5.88. The van der Waals surface area contributed by atoms with Crippen LogP contribution in [-0.2, 0) is 6.42 Å². The number of benzene rings is 3. The Morgan fingerprint density at radius 2 is 1.50 bits per heavy atom. The van der Waals surface area contributed by atoms with Crippen LogP contribution in [-0.4, -0.2) is 11.6 Å². The maximum Gasteiger partial charge on any atom is 0.166 e. The number of carbonyl (C=O) groups excluding carboxylic acids is 2. The average Bonchev–Trinajstić information content (AvgIpc) is 2.92. The van der Waals surface area contributed by atoms with Gasteiger partial charge in [0.1, 0.15) is 0 Å². The molecule has 0 radical (unpaired) electrons. The molecular formula is C26H24O2. The van der Waals surface area contributed by atoms with Crippen LogP contribution in [0.15, 0.2) is 84.9 Å². The van der Waals surface area contributed by atoms with E-state index in [0.717, 1.165) is 36.0 Å². The van der Waals surface area contributed by atoms with E-state index in [0.29, 0.717) is 12.0 Å². The third kappa shape index (κ3) is 3.82. The third-order valence-corrected chi connectivity index (χ3v) is 5.80. The van der Waals surface area contributed by atoms with Crippen molar-refractivity contribution in [3.63, 3.8) is 0 Å². The fourth-order valence-corrected chi connectivity index (χ4v) is 4.34. The highest BCUT2D eigenvalue weighted by Gasteiger charge is 2.34. The third-order valence-electron chi connectivity index (χ3n) is 5.80. The van der Waals surface area contributed by atoms with Crippen molar-refractivity contribution in [2.75, 3.05) is 0 Å². The highest BCUT2D eigenvalue weighted by Crippen LogP contribution is 2.37. The summed E-state index contributed by atoms with van der Waals surface area (Å²) in [6.07, 6.45) is 3.06. The summed E-state index contributed by atoms with van der Waals surface area (Å²) in [4.78, 5) is 26.5. The highest BCUT2D eigenvalue weighted by molar-refractivity contribution is 6.01. The minimum Gasteiger partial charge on any atom is -0.294 e. The molecule has 28 heavy (non-hydrogen) atoms. The molecule has 0 aliphatic heterocycles. The van der Waals surface area contributed by atoms with Crippen LogP contribution in [0.2, 0.25) is 0 Å². The number of Topliss-reactive ketones (excluding diaryl/α,β-unsaturated/α-hetero) is 2. The second kappa shape index (κ2) is 8.35. The van der Waals surface area contributed by atoms with Crippen LogP contribution in [0, 0.1) is 5.92 Å². The molecule has 140 valence electrons. The zero-order valence-corrected chi connectivity index (χ0v) is 15.9. The van der Waals surface area contributed by atoms with Gasteiger partial charge in [0.05, 0.1) is 0 Å². The van der Waals surface area contributed by atoms with Crippen LogP contribution in [0.25, 0.3) is 0 Å². The Morgan fingerprint density at radius 1 is 0.857 bits per heavy atom. The molecule has 4 rings (SSSR count). The molecule has 3 aromatic carbocycles. The van der Waals surface area contributed by atoms with Crippen LogP contribution >= 0.6 is 0 Å². The van der Waals surface area contributed by atoms with Crippen LogP contribution in [0.5, 0.6) is 0 Å². The standard InChI is InChI=1S/C26H24O2/c27-25(21-13-5-2-6-14-21)18-24(20-10-3-1-4-11-20)23-17-9-15-19-12-7-8-16-22(19)26(23)28/h1-8,10-14,16,23-24H,9,15,17-18H2. The van der Waals surface area contributed by atoms with Gasteiger partial charge in [-0.1, -0.05) is 84.9 Å². The zero-order valence-electron chi connectivity index (χ0n) is 15.9. The first-order valence-electron chi connectivity index (χ1n) is 9.99. The van der Waals surface area contributed by atoms with Gasteiger partial charge in [0.2, 0.25) is 0 Å². The van der Waals surface area contributed by atoms with Gasteiger partial charge in [0, 0.05) is 29.4 Å². The fourth-order valence-electron chi connectivity index (χ4n) is 4.34. The molecule has 0 saturated carbocycles. The van der Waals surface area contributed by atoms with Crippen molar-refractivity contribution in [1.29, 1.82) is 0 Å². The second-order valence-electron chi connectivity index (χ2n) is 7.53. The normalized spacial score (nSPS) is 17.4. The number of hydrogen-bond acceptors (Lipinski definition) is 2. The number of hydrogen-bond donors (Lipinski definition) is 0. The van der Waals surface area contributed by atoms with Gasteiger partial charge >= 0.3 is 0 Å². The first-order chi connectivity index (χ1) is 13.7. The van der Waals surface area contributed by atoms with Crippen LogP contribution < -0.4 is 0 Å². The molecule has 0 amide bonds. The molecule has 1 aliphatic carbocycles. The molecule has 0 bridgehead atoms. The fraction of sp³-hybridized carbons (Fsp3) is 0.231. The minimum absolute atomic E-state index is 0.0970. The largest absolute Gasteiger partial charge is 0.294 e. The number of aryl methyl sites for hydroxylation is 1. The predicted molar refractivity (Wildman–Crippen MR) is 112 cm³/mol. The lowest BCUT2D eigenvalue weighted by Gasteiger charge is -2.25. The van der Waals surface area contributed by atoms with Gasteiger partial charge in [0.15, 0.2) is 11.6 Å². The van der Waals surface area contributed by atoms with Crippen molar-refractivity contribution < 1.29 is 9.59 Å². The lowest BCUT2D eigenvalue weighted by molar-refractivity contribution is 0.0871. The van der Waals surface area contributed by atoms with E-state index in [9.17, 15) is 9.59 Å². The topological polar surface area (TPSA) is 34.1 Å². The SMILES string of the molecule is O=C(CC(c1ccccc1)C1CCCc2ccccc2C1=O)c1ccccc1. The molecule has 0 saturated heterocycles. The summed E-state index contributed by atoms with van der Waals surface area (Å²) < 4.78 is 0. The molecule has 2 nitrogen and oxygen atoms in total. The van der Waals surface area contributed by atoms with Gasteiger partial charge in [-0.25, -0.2) is 0 Å². The quantitative estimate of drug-likeness (QED) is 0.416. The van der Waals surface area contributed by atoms with Gasteiger partial charge in [-0.2, -0.15) is 0 Å². The first kappa shape index (κ1) is 18.4. The summed E-state index contributed by atoms with van der Waals surface area (Å²) in [6.45, 7) is 0. The van der Waals surface area contributed by atoms with Crippen molar-refractivity contribution in [3.8, 4) is 0 Å². The van der Waals surface area contributed by atoms with Crippen molar-refractivity contribution in [1.82, 2.24) is 0 Å². The molecular weight excluding hydrogens is 344 g/mol. The smallest absolute Gasteiger partial charge is 0.166 e. The summed E-state index contributed by atoms with van der Waals surface area (Å²) in [6, 6.07) is 27.4. The molecule has 2 atom stereocenters. The Morgan fingerprint density at radius 3 is 2.25 bits per heavy atom. The Kier molecular flexibility index (Phi) is 5.48. The Bertz CT molecular complexity index is 960. The monoisotopic (exact) mass is 368 g/mol. The molecule has 3 aromatic rings. The van der Waals surface area contributed by atoms with Gasteiger partial charge in [0.25, 0.3) is 0 Å². The van der Waals surface area contributed by atoms with E-state index in [-0.39, 0.29) is 23.4 Å². The first-order valence-corrected chi connectivity index (χ1v) is 9.99. The minimum atomic E-state index is -0.168. The number of carbonyl (C=O) groups is 2. The van der Waals surface area contributed by atoms with Gasteiger partial charge in [-0.15, -0.1) is 0 Å². The van der Waals surface area contributed by atoms with E-state index in [2.05, 4.69) is 6.07 Å². The van der Waals surface area contributed by atoms with Gasteiger partial charge in [-0.3, -0.25) is 9.59 Å². The second-order valence-corrected chi connectivity index (χ2v) is 7.53. The summed E-state index contributed by atoms with van der Waals surface area (Å²) >= 11 is 0. The molecule has 2 heteroatoms. The summed E-state index contributed by atoms with van der Waals surface area (Å²) in [7, 11) is 0. The van der Waals surface area contributed by atoms with E-state index >= 15 is 0 Å². The van der Waals surface area contributed by atoms with Crippen LogP contribution in [0.4, 0.5) is 0 Å². The Labute approximate surface area is 166 Å². The van der Waals surface area contributed by atoms with Crippen molar-refractivity contribution >= 4 is 11.6 Å². The van der Waals surface area contributed by atoms with Crippen LogP contribution in [0.3, 0.4) is 0 Å². The number of fused-ring (bicyclic) bond motifs is 1. The van der Waals surface area contributed by atoms with E-state index in [1.54, 1.807) is 0 Å². The Hall–Kier alpha value is -3.00. The summed E-state index contributed by atoms with van der Waals surface area (Å²) in [5.74, 6) is 0.00822. The maximum absolute atomic E-state index is 13.5. The lowest BCUT2D eigenvalue weighted by atomic mass is 9.76. The molecule has 0 aromatic heterocycles. The average molecular weight is 368 g/mol. The highest BCUT2D eigenvalue weighted by atomic mass is 16.1. The van der Waals surface area contributed by atoms with Crippen molar-refractivity contribution in [2.24, 2.45) is 5.92 Å². The van der Waals surface area contributed by atoms with Crippen molar-refractivity contribution in [3.05, 3.63) is 107 Å². The van der Waals surface area contributed by atoms with Crippen molar-refractivity contribution in [2.45, 2.75) is 31.6 Å². The van der Waals surface area contributed by atoms with E-state index in [1.165, 1.54) is 0 Å². The molecule has 2 unspecified atom stereocenters. The zero-order chi connectivity index (χ0) is 19.3. The molecule has 0 heterocycles. The maximum atomic E-state index is 13.5. The van der Waals surface area contributed by atoms with Gasteiger partial charge < -0.3 is 0 Å². The van der Waals surface area contributed by atoms with E-state index in [4.69, 9.17) is 0 Å².